The number of aromatic nitrogens is 1. The van der Waals surface area contributed by atoms with Crippen LogP contribution in [0.3, 0.4) is 0 Å². The van der Waals surface area contributed by atoms with E-state index in [4.69, 9.17) is 10.5 Å². The largest absolute Gasteiger partial charge is 0.438 e. The highest BCUT2D eigenvalue weighted by atomic mass is 32.2. The number of carbonyl (C=O) groups excluding carboxylic acids is 1. The van der Waals surface area contributed by atoms with Gasteiger partial charge < -0.3 is 10.5 Å². The van der Waals surface area contributed by atoms with E-state index in [0.29, 0.717) is 16.3 Å². The van der Waals surface area contributed by atoms with Gasteiger partial charge in [-0.3, -0.25) is 4.79 Å². The van der Waals surface area contributed by atoms with E-state index in [9.17, 15) is 9.00 Å². The van der Waals surface area contributed by atoms with Gasteiger partial charge in [0.1, 0.15) is 11.3 Å². The fourth-order valence-electron chi connectivity index (χ4n) is 3.32. The SMILES string of the molecule is Cc1cc(C)c(Oc2nc(C(C)(C)C)ccc2C(=O)N=NS(=O)c2cccc(N)c2)c(C)c1. The molecule has 3 rings (SSSR count). The predicted molar refractivity (Wildman–Crippen MR) is 130 cm³/mol. The lowest BCUT2D eigenvalue weighted by Crippen LogP contribution is -2.15. The highest BCUT2D eigenvalue weighted by molar-refractivity contribution is 7.83. The molecule has 33 heavy (non-hydrogen) atoms. The number of benzene rings is 2. The van der Waals surface area contributed by atoms with Crippen molar-refractivity contribution in [2.24, 2.45) is 9.63 Å². The summed E-state index contributed by atoms with van der Waals surface area (Å²) in [4.78, 5) is 17.9. The molecule has 0 aliphatic carbocycles. The number of carbonyl (C=O) groups is 1. The van der Waals surface area contributed by atoms with E-state index in [1.807, 2.05) is 53.7 Å². The molecule has 2 aromatic carbocycles. The molecule has 0 aliphatic rings. The fourth-order valence-corrected chi connectivity index (χ4v) is 4.00. The van der Waals surface area contributed by atoms with Crippen molar-refractivity contribution in [3.8, 4) is 11.6 Å². The monoisotopic (exact) mass is 464 g/mol. The smallest absolute Gasteiger partial charge is 0.301 e. The van der Waals surface area contributed by atoms with Gasteiger partial charge in [0.2, 0.25) is 5.88 Å². The second-order valence-corrected chi connectivity index (χ2v) is 10.1. The second kappa shape index (κ2) is 9.62. The van der Waals surface area contributed by atoms with E-state index in [1.165, 1.54) is 6.07 Å². The number of rotatable bonds is 5. The Hall–Kier alpha value is -3.39. The lowest BCUT2D eigenvalue weighted by molar-refractivity contribution is 0.0992. The van der Waals surface area contributed by atoms with Crippen LogP contribution in [0.4, 0.5) is 5.69 Å². The molecule has 7 nitrogen and oxygen atoms in total. The maximum atomic E-state index is 12.9. The first-order valence-corrected chi connectivity index (χ1v) is 11.6. The summed E-state index contributed by atoms with van der Waals surface area (Å²) >= 11 is 0. The van der Waals surface area contributed by atoms with Gasteiger partial charge in [-0.05, 0) is 62.2 Å². The number of hydrogen-bond donors (Lipinski definition) is 1. The molecule has 0 radical (unpaired) electrons. The summed E-state index contributed by atoms with van der Waals surface area (Å²) in [7, 11) is -1.86. The number of pyridine rings is 1. The maximum absolute atomic E-state index is 12.9. The van der Waals surface area contributed by atoms with Crippen molar-refractivity contribution in [3.63, 3.8) is 0 Å². The third-order valence-corrected chi connectivity index (χ3v) is 5.82. The molecule has 1 aromatic heterocycles. The second-order valence-electron chi connectivity index (χ2n) is 8.94. The minimum atomic E-state index is -1.86. The minimum Gasteiger partial charge on any atom is -0.438 e. The number of nitrogen functional groups attached to an aromatic ring is 1. The summed E-state index contributed by atoms with van der Waals surface area (Å²) in [5, 5.41) is 3.68. The summed E-state index contributed by atoms with van der Waals surface area (Å²) in [5.74, 6) is 0.0716. The highest BCUT2D eigenvalue weighted by Crippen LogP contribution is 2.33. The molecule has 0 bridgehead atoms. The molecule has 0 fully saturated rings. The van der Waals surface area contributed by atoms with Crippen LogP contribution < -0.4 is 10.5 Å². The summed E-state index contributed by atoms with van der Waals surface area (Å²) in [6.07, 6.45) is 0. The maximum Gasteiger partial charge on any atom is 0.301 e. The van der Waals surface area contributed by atoms with Gasteiger partial charge >= 0.3 is 5.91 Å². The molecule has 1 heterocycles. The zero-order valence-corrected chi connectivity index (χ0v) is 20.5. The number of amides is 1. The number of anilines is 1. The first-order chi connectivity index (χ1) is 15.5. The van der Waals surface area contributed by atoms with Gasteiger partial charge in [0.15, 0.2) is 11.0 Å². The van der Waals surface area contributed by atoms with E-state index in [0.717, 1.165) is 22.4 Å². The standard InChI is InChI=1S/C25H28N4O3S/c1-15-12-16(2)22(17(3)13-15)32-24-20(10-11-21(27-24)25(4,5)6)23(30)28-29-33(31)19-9-7-8-18(26)14-19/h7-14H,26H2,1-6H3. The van der Waals surface area contributed by atoms with E-state index in [1.54, 1.807) is 30.3 Å². The Balaban J connectivity index is 1.99. The Morgan fingerprint density at radius 3 is 2.30 bits per heavy atom. The van der Waals surface area contributed by atoms with Gasteiger partial charge in [-0.1, -0.05) is 54.2 Å². The van der Waals surface area contributed by atoms with Crippen LogP contribution in [-0.2, 0) is 16.4 Å². The molecular weight excluding hydrogens is 436 g/mol. The van der Waals surface area contributed by atoms with Crippen LogP contribution in [0.2, 0.25) is 0 Å². The van der Waals surface area contributed by atoms with Crippen molar-refractivity contribution >= 4 is 22.6 Å². The topological polar surface area (TPSA) is 107 Å². The van der Waals surface area contributed by atoms with Gasteiger partial charge in [0, 0.05) is 16.8 Å². The zero-order valence-electron chi connectivity index (χ0n) is 19.7. The fraction of sp³-hybridized carbons (Fsp3) is 0.280. The van der Waals surface area contributed by atoms with Crippen LogP contribution in [0, 0.1) is 20.8 Å². The lowest BCUT2D eigenvalue weighted by atomic mass is 9.91. The van der Waals surface area contributed by atoms with E-state index >= 15 is 0 Å². The van der Waals surface area contributed by atoms with E-state index in [-0.39, 0.29) is 16.9 Å². The Morgan fingerprint density at radius 1 is 1.03 bits per heavy atom. The van der Waals surface area contributed by atoms with Crippen molar-refractivity contribution in [1.82, 2.24) is 4.98 Å². The Bertz CT molecular complexity index is 1240. The first kappa shape index (κ1) is 24.3. The molecular formula is C25H28N4O3S. The lowest BCUT2D eigenvalue weighted by Gasteiger charge is -2.20. The van der Waals surface area contributed by atoms with Gasteiger partial charge in [-0.2, -0.15) is 0 Å². The molecule has 0 saturated carbocycles. The highest BCUT2D eigenvalue weighted by Gasteiger charge is 2.22. The normalized spacial score (nSPS) is 12.7. The molecule has 0 saturated heterocycles. The predicted octanol–water partition coefficient (Wildman–Crippen LogP) is 5.99. The summed E-state index contributed by atoms with van der Waals surface area (Å²) in [6.45, 7) is 12.0. The van der Waals surface area contributed by atoms with Crippen LogP contribution >= 0.6 is 0 Å². The number of aryl methyl sites for hydroxylation is 3. The molecule has 3 aromatic rings. The molecule has 2 N–H and O–H groups in total. The third kappa shape index (κ3) is 5.90. The van der Waals surface area contributed by atoms with Gasteiger partial charge in [0.05, 0.1) is 4.90 Å². The first-order valence-electron chi connectivity index (χ1n) is 10.5. The van der Waals surface area contributed by atoms with Gasteiger partial charge in [-0.25, -0.2) is 9.19 Å². The van der Waals surface area contributed by atoms with Crippen molar-refractivity contribution in [3.05, 3.63) is 76.5 Å². The summed E-state index contributed by atoms with van der Waals surface area (Å²) < 4.78 is 22.3. The molecule has 1 amide bonds. The minimum absolute atomic E-state index is 0.135. The molecule has 8 heteroatoms. The number of hydrogen-bond acceptors (Lipinski definition) is 5. The molecule has 1 atom stereocenters. The van der Waals surface area contributed by atoms with Crippen LogP contribution in [0.1, 0.15) is 53.5 Å². The van der Waals surface area contributed by atoms with E-state index in [2.05, 4.69) is 14.6 Å². The summed E-state index contributed by atoms with van der Waals surface area (Å²) in [6, 6.07) is 13.9. The van der Waals surface area contributed by atoms with Crippen molar-refractivity contribution in [2.75, 3.05) is 5.73 Å². The Morgan fingerprint density at radius 2 is 1.70 bits per heavy atom. The van der Waals surface area contributed by atoms with Crippen LogP contribution in [-0.4, -0.2) is 15.1 Å². The van der Waals surface area contributed by atoms with Crippen molar-refractivity contribution < 1.29 is 13.7 Å². The van der Waals surface area contributed by atoms with Crippen LogP contribution in [0.5, 0.6) is 11.6 Å². The van der Waals surface area contributed by atoms with E-state index < -0.39 is 16.9 Å². The van der Waals surface area contributed by atoms with Crippen LogP contribution in [0.25, 0.3) is 0 Å². The third-order valence-electron chi connectivity index (χ3n) is 4.93. The van der Waals surface area contributed by atoms with Crippen molar-refractivity contribution in [1.29, 1.82) is 0 Å². The quantitative estimate of drug-likeness (QED) is 0.368. The van der Waals surface area contributed by atoms with Crippen molar-refractivity contribution in [2.45, 2.75) is 51.9 Å². The molecule has 1 unspecified atom stereocenters. The molecule has 0 aliphatic heterocycles. The van der Waals surface area contributed by atoms with Crippen LogP contribution in [0.15, 0.2) is 63.1 Å². The van der Waals surface area contributed by atoms with Gasteiger partial charge in [0.25, 0.3) is 0 Å². The number of nitrogens with two attached hydrogens (primary N) is 1. The Kier molecular flexibility index (Phi) is 7.07. The Labute approximate surface area is 196 Å². The average Bonchev–Trinajstić information content (AvgIpc) is 2.73. The number of nitrogens with zero attached hydrogens (tertiary/aromatic N) is 3. The zero-order chi connectivity index (χ0) is 24.3. The number of ether oxygens (including phenoxy) is 1. The van der Waals surface area contributed by atoms with Gasteiger partial charge in [-0.15, -0.1) is 0 Å². The molecule has 172 valence electrons. The average molecular weight is 465 g/mol. The summed E-state index contributed by atoms with van der Waals surface area (Å²) in [5.41, 5.74) is 9.78. The molecule has 0 spiro atoms.